The number of aromatic nitrogens is 3. The molecule has 0 radical (unpaired) electrons. The summed E-state index contributed by atoms with van der Waals surface area (Å²) in [6, 6.07) is 15.3. The van der Waals surface area contributed by atoms with Crippen molar-refractivity contribution < 1.29 is 22.7 Å². The molecular weight excluding hydrogens is 521 g/mol. The molecule has 2 aromatic carbocycles. The lowest BCUT2D eigenvalue weighted by atomic mass is 10.1. The molecule has 1 unspecified atom stereocenters. The molecule has 1 N–H and O–H groups in total. The molecule has 2 heterocycles. The van der Waals surface area contributed by atoms with E-state index in [1.807, 2.05) is 44.2 Å². The molecule has 0 spiro atoms. The van der Waals surface area contributed by atoms with Gasteiger partial charge in [0, 0.05) is 25.3 Å². The summed E-state index contributed by atoms with van der Waals surface area (Å²) in [6.07, 6.45) is 3.55. The van der Waals surface area contributed by atoms with Crippen molar-refractivity contribution in [3.63, 3.8) is 0 Å². The van der Waals surface area contributed by atoms with Crippen LogP contribution in [0.3, 0.4) is 0 Å². The Kier molecular flexibility index (Phi) is 8.57. The van der Waals surface area contributed by atoms with Gasteiger partial charge in [0.15, 0.2) is 4.90 Å². The number of pyridine rings is 1. The average molecular weight is 552 g/mol. The zero-order chi connectivity index (χ0) is 28.2. The SMILES string of the molecule is COCC(c1ccccc1)n1c(CCC(C)C)nc(O)c(S(=O)(=O)c2ccc(-c3cncc(F)c3)cc2)c1=O. The minimum Gasteiger partial charge on any atom is -0.492 e. The molecule has 10 heteroatoms. The van der Waals surface area contributed by atoms with Crippen LogP contribution in [0.2, 0.25) is 0 Å². The summed E-state index contributed by atoms with van der Waals surface area (Å²) < 4.78 is 47.8. The third-order valence-electron chi connectivity index (χ3n) is 6.37. The quantitative estimate of drug-likeness (QED) is 0.301. The molecule has 0 saturated heterocycles. The van der Waals surface area contributed by atoms with Crippen LogP contribution in [-0.2, 0) is 21.0 Å². The molecule has 0 saturated carbocycles. The van der Waals surface area contributed by atoms with Gasteiger partial charge in [-0.2, -0.15) is 4.98 Å². The van der Waals surface area contributed by atoms with Crippen LogP contribution in [0.5, 0.6) is 5.88 Å². The molecule has 8 nitrogen and oxygen atoms in total. The van der Waals surface area contributed by atoms with Crippen molar-refractivity contribution in [3.05, 3.63) is 101 Å². The van der Waals surface area contributed by atoms with E-state index >= 15 is 0 Å². The monoisotopic (exact) mass is 551 g/mol. The number of aromatic hydroxyl groups is 1. The van der Waals surface area contributed by atoms with Gasteiger partial charge < -0.3 is 9.84 Å². The van der Waals surface area contributed by atoms with Gasteiger partial charge in [-0.05, 0) is 41.7 Å². The summed E-state index contributed by atoms with van der Waals surface area (Å²) in [5.74, 6) is -0.824. The van der Waals surface area contributed by atoms with Crippen molar-refractivity contribution in [1.29, 1.82) is 0 Å². The van der Waals surface area contributed by atoms with Crippen molar-refractivity contribution in [3.8, 4) is 17.0 Å². The third kappa shape index (κ3) is 6.07. The largest absolute Gasteiger partial charge is 0.492 e. The fraction of sp³-hybridized carbons (Fsp3) is 0.276. The third-order valence-corrected chi connectivity index (χ3v) is 8.15. The van der Waals surface area contributed by atoms with Gasteiger partial charge in [0.25, 0.3) is 5.56 Å². The van der Waals surface area contributed by atoms with Gasteiger partial charge in [-0.15, -0.1) is 0 Å². The van der Waals surface area contributed by atoms with Gasteiger partial charge in [0.1, 0.15) is 11.6 Å². The minimum absolute atomic E-state index is 0.0842. The van der Waals surface area contributed by atoms with Crippen LogP contribution in [0, 0.1) is 11.7 Å². The van der Waals surface area contributed by atoms with Crippen molar-refractivity contribution in [1.82, 2.24) is 14.5 Å². The second kappa shape index (κ2) is 11.9. The Morgan fingerprint density at radius 2 is 1.72 bits per heavy atom. The van der Waals surface area contributed by atoms with Crippen LogP contribution in [0.15, 0.2) is 87.6 Å². The number of benzene rings is 2. The summed E-state index contributed by atoms with van der Waals surface area (Å²) in [6.45, 7) is 4.13. The predicted octanol–water partition coefficient (Wildman–Crippen LogP) is 4.81. The Balaban J connectivity index is 1.87. The molecule has 39 heavy (non-hydrogen) atoms. The first-order valence-electron chi connectivity index (χ1n) is 12.5. The summed E-state index contributed by atoms with van der Waals surface area (Å²) >= 11 is 0. The van der Waals surface area contributed by atoms with Gasteiger partial charge in [-0.3, -0.25) is 14.3 Å². The summed E-state index contributed by atoms with van der Waals surface area (Å²) in [7, 11) is -2.99. The minimum atomic E-state index is -4.48. The maximum Gasteiger partial charge on any atom is 0.277 e. The summed E-state index contributed by atoms with van der Waals surface area (Å²) in [4.78, 5) is 21.0. The molecule has 204 valence electrons. The maximum absolute atomic E-state index is 14.0. The molecule has 4 rings (SSSR count). The molecule has 4 aromatic rings. The van der Waals surface area contributed by atoms with E-state index in [2.05, 4.69) is 9.97 Å². The Bertz CT molecular complexity index is 1600. The van der Waals surface area contributed by atoms with E-state index in [1.54, 1.807) is 0 Å². The second-order valence-electron chi connectivity index (χ2n) is 9.59. The molecule has 1 atom stereocenters. The molecule has 2 aromatic heterocycles. The average Bonchev–Trinajstić information content (AvgIpc) is 2.91. The van der Waals surface area contributed by atoms with Crippen LogP contribution in [-0.4, -0.2) is 41.8 Å². The molecule has 0 aliphatic rings. The number of ether oxygens (including phenoxy) is 1. The number of hydrogen-bond acceptors (Lipinski definition) is 7. The first-order valence-corrected chi connectivity index (χ1v) is 14.0. The molecule has 0 bridgehead atoms. The fourth-order valence-corrected chi connectivity index (χ4v) is 5.71. The lowest BCUT2D eigenvalue weighted by Crippen LogP contribution is -2.35. The number of rotatable bonds is 10. The first-order chi connectivity index (χ1) is 18.6. The van der Waals surface area contributed by atoms with E-state index in [0.29, 0.717) is 24.0 Å². The maximum atomic E-state index is 14.0. The van der Waals surface area contributed by atoms with Crippen molar-refractivity contribution in [2.75, 3.05) is 13.7 Å². The van der Waals surface area contributed by atoms with Crippen LogP contribution in [0.1, 0.15) is 37.7 Å². The van der Waals surface area contributed by atoms with Crippen LogP contribution in [0.4, 0.5) is 4.39 Å². The second-order valence-corrected chi connectivity index (χ2v) is 11.5. The lowest BCUT2D eigenvalue weighted by molar-refractivity contribution is 0.165. The summed E-state index contributed by atoms with van der Waals surface area (Å²) in [5, 5.41) is 10.8. The number of methoxy groups -OCH3 is 1. The van der Waals surface area contributed by atoms with Crippen LogP contribution < -0.4 is 5.56 Å². The van der Waals surface area contributed by atoms with Gasteiger partial charge in [0.2, 0.25) is 15.7 Å². The highest BCUT2D eigenvalue weighted by molar-refractivity contribution is 7.91. The Hall–Kier alpha value is -3.89. The van der Waals surface area contributed by atoms with Gasteiger partial charge >= 0.3 is 0 Å². The standard InChI is InChI=1S/C29H30FN3O5S/c1-19(2)9-14-26-32-28(34)27(29(35)33(26)25(18-38-3)21-7-5-4-6-8-21)39(36,37)24-12-10-20(11-13-24)22-15-23(30)17-31-16-22/h4-8,10-13,15-17,19,25,34H,9,14,18H2,1-3H3. The van der Waals surface area contributed by atoms with Crippen molar-refractivity contribution >= 4 is 9.84 Å². The molecule has 0 aliphatic heterocycles. The Labute approximate surface area is 226 Å². The van der Waals surface area contributed by atoms with Crippen LogP contribution >= 0.6 is 0 Å². The zero-order valence-electron chi connectivity index (χ0n) is 21.9. The molecule has 0 amide bonds. The molecular formula is C29H30FN3O5S. The summed E-state index contributed by atoms with van der Waals surface area (Å²) in [5.41, 5.74) is 0.848. The number of halogens is 1. The van der Waals surface area contributed by atoms with E-state index in [9.17, 15) is 22.7 Å². The number of aryl methyl sites for hydroxylation is 1. The van der Waals surface area contributed by atoms with E-state index in [4.69, 9.17) is 4.74 Å². The van der Waals surface area contributed by atoms with Gasteiger partial charge in [0.05, 0.1) is 23.7 Å². The van der Waals surface area contributed by atoms with Gasteiger partial charge in [-0.1, -0.05) is 56.3 Å². The van der Waals surface area contributed by atoms with E-state index in [0.717, 1.165) is 11.8 Å². The molecule has 0 aliphatic carbocycles. The predicted molar refractivity (Wildman–Crippen MR) is 145 cm³/mol. The molecule has 0 fully saturated rings. The normalized spacial score (nSPS) is 12.5. The number of nitrogens with zero attached hydrogens (tertiary/aromatic N) is 3. The Morgan fingerprint density at radius 1 is 1.03 bits per heavy atom. The lowest BCUT2D eigenvalue weighted by Gasteiger charge is -2.24. The van der Waals surface area contributed by atoms with Gasteiger partial charge in [-0.25, -0.2) is 12.8 Å². The number of hydrogen-bond donors (Lipinski definition) is 1. The topological polar surface area (TPSA) is 111 Å². The van der Waals surface area contributed by atoms with E-state index < -0.39 is 38.0 Å². The van der Waals surface area contributed by atoms with E-state index in [-0.39, 0.29) is 23.2 Å². The fourth-order valence-electron chi connectivity index (χ4n) is 4.37. The van der Waals surface area contributed by atoms with Crippen LogP contribution in [0.25, 0.3) is 11.1 Å². The number of sulfone groups is 1. The van der Waals surface area contributed by atoms with E-state index in [1.165, 1.54) is 48.2 Å². The smallest absolute Gasteiger partial charge is 0.277 e. The highest BCUT2D eigenvalue weighted by Crippen LogP contribution is 2.29. The van der Waals surface area contributed by atoms with Crippen molar-refractivity contribution in [2.24, 2.45) is 5.92 Å². The van der Waals surface area contributed by atoms with Crippen molar-refractivity contribution in [2.45, 2.75) is 42.5 Å². The Morgan fingerprint density at radius 3 is 2.33 bits per heavy atom. The highest BCUT2D eigenvalue weighted by atomic mass is 32.2. The first kappa shape index (κ1) is 28.1. The highest BCUT2D eigenvalue weighted by Gasteiger charge is 2.32. The zero-order valence-corrected chi connectivity index (χ0v) is 22.7.